The second-order valence-corrected chi connectivity index (χ2v) is 12.3. The Balaban J connectivity index is 1.60. The Morgan fingerprint density at radius 3 is 2.52 bits per heavy atom. The Morgan fingerprint density at radius 1 is 1.09 bits per heavy atom. The molecule has 1 aliphatic rings. The summed E-state index contributed by atoms with van der Waals surface area (Å²) >= 11 is 0. The van der Waals surface area contributed by atoms with Crippen LogP contribution in [0.15, 0.2) is 47.8 Å². The van der Waals surface area contributed by atoms with E-state index in [1.165, 1.54) is 16.5 Å². The van der Waals surface area contributed by atoms with Gasteiger partial charge in [0.1, 0.15) is 12.1 Å². The van der Waals surface area contributed by atoms with Crippen LogP contribution < -0.4 is 9.62 Å². The number of anilines is 1. The minimum absolute atomic E-state index is 0.0782. The van der Waals surface area contributed by atoms with Crippen LogP contribution in [-0.2, 0) is 20.0 Å². The summed E-state index contributed by atoms with van der Waals surface area (Å²) in [5.41, 5.74) is 1.29. The number of nitrogens with one attached hydrogen (secondary N) is 1. The van der Waals surface area contributed by atoms with Gasteiger partial charge in [-0.25, -0.2) is 35.5 Å². The van der Waals surface area contributed by atoms with Crippen LogP contribution in [0.3, 0.4) is 0 Å². The molecule has 0 aliphatic heterocycles. The van der Waals surface area contributed by atoms with E-state index in [0.717, 1.165) is 18.4 Å². The molecule has 0 spiro atoms. The van der Waals surface area contributed by atoms with E-state index in [-0.39, 0.29) is 22.7 Å². The SMILES string of the molecule is CCCS(=O)(=O)N[C@@H]1CC[C@@H](N(C)c2ncnc3c2ccn3S(=O)(=O)c2ccc(C)cc2)C1. The third kappa shape index (κ3) is 4.75. The van der Waals surface area contributed by atoms with E-state index >= 15 is 0 Å². The molecule has 2 heterocycles. The zero-order valence-corrected chi connectivity index (χ0v) is 20.6. The Labute approximate surface area is 195 Å². The van der Waals surface area contributed by atoms with E-state index in [1.807, 2.05) is 25.8 Å². The average molecular weight is 492 g/mol. The van der Waals surface area contributed by atoms with Crippen molar-refractivity contribution in [1.82, 2.24) is 18.7 Å². The molecule has 1 aromatic carbocycles. The van der Waals surface area contributed by atoms with Gasteiger partial charge in [0.25, 0.3) is 10.0 Å². The maximum atomic E-state index is 13.2. The largest absolute Gasteiger partial charge is 0.356 e. The molecule has 1 aliphatic carbocycles. The molecule has 11 heteroatoms. The molecule has 1 saturated carbocycles. The lowest BCUT2D eigenvalue weighted by Crippen LogP contribution is -2.37. The van der Waals surface area contributed by atoms with Gasteiger partial charge in [-0.1, -0.05) is 24.6 Å². The van der Waals surface area contributed by atoms with E-state index in [9.17, 15) is 16.8 Å². The number of nitrogens with zero attached hydrogens (tertiary/aromatic N) is 4. The van der Waals surface area contributed by atoms with Gasteiger partial charge in [-0.3, -0.25) is 0 Å². The summed E-state index contributed by atoms with van der Waals surface area (Å²) in [5.74, 6) is 0.749. The molecule has 1 N–H and O–H groups in total. The fraction of sp³-hybridized carbons (Fsp3) is 0.455. The predicted octanol–water partition coefficient (Wildman–Crippen LogP) is 2.66. The third-order valence-corrected chi connectivity index (χ3v) is 9.43. The lowest BCUT2D eigenvalue weighted by molar-refractivity contribution is 0.545. The molecular weight excluding hydrogens is 462 g/mol. The maximum absolute atomic E-state index is 13.2. The molecule has 0 radical (unpaired) electrons. The Kier molecular flexibility index (Phi) is 6.47. The lowest BCUT2D eigenvalue weighted by Gasteiger charge is -2.26. The van der Waals surface area contributed by atoms with Gasteiger partial charge in [0.15, 0.2) is 5.65 Å². The monoisotopic (exact) mass is 491 g/mol. The number of rotatable bonds is 8. The molecule has 2 aromatic heterocycles. The van der Waals surface area contributed by atoms with Crippen LogP contribution in [0.2, 0.25) is 0 Å². The van der Waals surface area contributed by atoms with Crippen molar-refractivity contribution in [2.75, 3.05) is 17.7 Å². The first kappa shape index (κ1) is 23.7. The van der Waals surface area contributed by atoms with Crippen LogP contribution in [0.5, 0.6) is 0 Å². The topological polar surface area (TPSA) is 114 Å². The van der Waals surface area contributed by atoms with Crippen molar-refractivity contribution in [3.05, 3.63) is 48.4 Å². The van der Waals surface area contributed by atoms with Crippen molar-refractivity contribution in [1.29, 1.82) is 0 Å². The van der Waals surface area contributed by atoms with Crippen molar-refractivity contribution < 1.29 is 16.8 Å². The molecule has 178 valence electrons. The zero-order valence-electron chi connectivity index (χ0n) is 19.0. The van der Waals surface area contributed by atoms with Crippen LogP contribution in [0.1, 0.15) is 38.2 Å². The average Bonchev–Trinajstić information content (AvgIpc) is 3.40. The van der Waals surface area contributed by atoms with E-state index in [4.69, 9.17) is 0 Å². The summed E-state index contributed by atoms with van der Waals surface area (Å²) in [6, 6.07) is 8.37. The molecule has 9 nitrogen and oxygen atoms in total. The van der Waals surface area contributed by atoms with E-state index in [2.05, 4.69) is 14.7 Å². The number of fused-ring (bicyclic) bond motifs is 1. The molecule has 3 aromatic rings. The summed E-state index contributed by atoms with van der Waals surface area (Å²) in [5, 5.41) is 0.630. The van der Waals surface area contributed by atoms with E-state index < -0.39 is 20.0 Å². The summed E-state index contributed by atoms with van der Waals surface area (Å²) in [6.07, 6.45) is 5.66. The van der Waals surface area contributed by atoms with Gasteiger partial charge < -0.3 is 4.90 Å². The first-order chi connectivity index (χ1) is 15.6. The number of aromatic nitrogens is 3. The van der Waals surface area contributed by atoms with Crippen LogP contribution >= 0.6 is 0 Å². The molecule has 0 bridgehead atoms. The second-order valence-electron chi connectivity index (χ2n) is 8.58. The van der Waals surface area contributed by atoms with Crippen LogP contribution in [-0.4, -0.2) is 55.7 Å². The second kappa shape index (κ2) is 9.03. The van der Waals surface area contributed by atoms with Gasteiger partial charge in [-0.05, 0) is 50.8 Å². The highest BCUT2D eigenvalue weighted by Crippen LogP contribution is 2.32. The van der Waals surface area contributed by atoms with Gasteiger partial charge in [0.2, 0.25) is 10.0 Å². The normalized spacial score (nSPS) is 19.2. The van der Waals surface area contributed by atoms with Crippen LogP contribution in [0.4, 0.5) is 5.82 Å². The van der Waals surface area contributed by atoms with Crippen molar-refractivity contribution in [2.24, 2.45) is 0 Å². The van der Waals surface area contributed by atoms with Gasteiger partial charge in [-0.2, -0.15) is 0 Å². The summed E-state index contributed by atoms with van der Waals surface area (Å²) in [7, 11) is -5.17. The van der Waals surface area contributed by atoms with Crippen LogP contribution in [0, 0.1) is 6.92 Å². The molecule has 2 atom stereocenters. The minimum Gasteiger partial charge on any atom is -0.356 e. The summed E-state index contributed by atoms with van der Waals surface area (Å²) in [4.78, 5) is 10.9. The van der Waals surface area contributed by atoms with Crippen molar-refractivity contribution in [3.8, 4) is 0 Å². The summed E-state index contributed by atoms with van der Waals surface area (Å²) < 4.78 is 54.7. The lowest BCUT2D eigenvalue weighted by atomic mass is 10.2. The highest BCUT2D eigenvalue weighted by molar-refractivity contribution is 7.90. The standard InChI is InChI=1S/C22H29N5O4S2/c1-4-13-32(28,29)25-17-7-8-18(14-17)26(3)21-20-11-12-27(22(20)24-15-23-21)33(30,31)19-9-5-16(2)6-10-19/h5-6,9-12,15,17-18,25H,4,7-8,13-14H2,1-3H3/t17-,18-/m1/s1. The van der Waals surface area contributed by atoms with Crippen molar-refractivity contribution in [3.63, 3.8) is 0 Å². The number of benzene rings is 1. The van der Waals surface area contributed by atoms with E-state index in [1.54, 1.807) is 30.3 Å². The van der Waals surface area contributed by atoms with Gasteiger partial charge in [0.05, 0.1) is 16.0 Å². The maximum Gasteiger partial charge on any atom is 0.269 e. The molecule has 4 rings (SSSR count). The first-order valence-corrected chi connectivity index (χ1v) is 14.1. The van der Waals surface area contributed by atoms with Gasteiger partial charge in [0, 0.05) is 25.3 Å². The fourth-order valence-corrected chi connectivity index (χ4v) is 7.06. The Hall–Kier alpha value is -2.50. The quantitative estimate of drug-likeness (QED) is 0.515. The van der Waals surface area contributed by atoms with Gasteiger partial charge >= 0.3 is 0 Å². The van der Waals surface area contributed by atoms with Gasteiger partial charge in [-0.15, -0.1) is 0 Å². The highest BCUT2D eigenvalue weighted by atomic mass is 32.2. The Bertz CT molecular complexity index is 1350. The summed E-state index contributed by atoms with van der Waals surface area (Å²) in [6.45, 7) is 3.75. The smallest absolute Gasteiger partial charge is 0.269 e. The molecule has 0 saturated heterocycles. The Morgan fingerprint density at radius 2 is 1.82 bits per heavy atom. The van der Waals surface area contributed by atoms with Crippen molar-refractivity contribution in [2.45, 2.75) is 56.5 Å². The molecular formula is C22H29N5O4S2. The first-order valence-electron chi connectivity index (χ1n) is 11.0. The van der Waals surface area contributed by atoms with E-state index in [0.29, 0.717) is 29.7 Å². The fourth-order valence-electron chi connectivity index (χ4n) is 4.38. The minimum atomic E-state index is -3.80. The molecule has 1 fully saturated rings. The number of hydrogen-bond donors (Lipinski definition) is 1. The van der Waals surface area contributed by atoms with Crippen LogP contribution in [0.25, 0.3) is 11.0 Å². The number of sulfonamides is 1. The predicted molar refractivity (Wildman–Crippen MR) is 128 cm³/mol. The molecule has 0 amide bonds. The van der Waals surface area contributed by atoms with Crippen molar-refractivity contribution >= 4 is 36.9 Å². The number of aryl methyl sites for hydroxylation is 1. The third-order valence-electron chi connectivity index (χ3n) is 6.11. The molecule has 0 unspecified atom stereocenters. The highest BCUT2D eigenvalue weighted by Gasteiger charge is 2.32. The zero-order chi connectivity index (χ0) is 23.8. The number of hydrogen-bond acceptors (Lipinski definition) is 7. The molecule has 33 heavy (non-hydrogen) atoms.